The van der Waals surface area contributed by atoms with Gasteiger partial charge < -0.3 is 15.5 Å². The normalized spacial score (nSPS) is 15.6. The number of aryl methyl sites for hydroxylation is 1. The van der Waals surface area contributed by atoms with Crippen LogP contribution in [0.5, 0.6) is 0 Å². The lowest BCUT2D eigenvalue weighted by Crippen LogP contribution is -2.47. The number of piperidine rings is 1. The Morgan fingerprint density at radius 3 is 2.81 bits per heavy atom. The molecule has 9 nitrogen and oxygen atoms in total. The average molecular weight is 483 g/mol. The van der Waals surface area contributed by atoms with Gasteiger partial charge in [-0.05, 0) is 37.8 Å². The van der Waals surface area contributed by atoms with E-state index in [-0.39, 0.29) is 35.1 Å². The van der Waals surface area contributed by atoms with Crippen LogP contribution in [0.4, 0.5) is 23.1 Å². The molecule has 2 heterocycles. The molecule has 1 aromatic heterocycles. The third-order valence-electron chi connectivity index (χ3n) is 5.10. The zero-order valence-electron chi connectivity index (χ0n) is 18.1. The van der Waals surface area contributed by atoms with E-state index in [9.17, 15) is 14.9 Å². The van der Waals surface area contributed by atoms with Crippen LogP contribution in [0, 0.1) is 10.1 Å². The van der Waals surface area contributed by atoms with E-state index in [4.69, 9.17) is 11.6 Å². The fraction of sp³-hybridized carbons (Fsp3) is 0.476. The molecule has 1 fully saturated rings. The van der Waals surface area contributed by atoms with Crippen LogP contribution in [0.2, 0.25) is 5.02 Å². The molecule has 3 rings (SSSR count). The van der Waals surface area contributed by atoms with Crippen LogP contribution in [-0.2, 0) is 11.2 Å². The van der Waals surface area contributed by atoms with Crippen LogP contribution in [0.15, 0.2) is 24.3 Å². The molecule has 1 atom stereocenters. The Balaban J connectivity index is 0.00000363. The second-order valence-corrected chi connectivity index (χ2v) is 8.09. The molecule has 174 valence electrons. The first-order chi connectivity index (χ1) is 14.9. The van der Waals surface area contributed by atoms with E-state index >= 15 is 0 Å². The van der Waals surface area contributed by atoms with Crippen LogP contribution in [0.3, 0.4) is 0 Å². The van der Waals surface area contributed by atoms with Gasteiger partial charge in [0, 0.05) is 49.6 Å². The highest BCUT2D eigenvalue weighted by Gasteiger charge is 2.22. The molecule has 2 N–H and O–H groups in total. The van der Waals surface area contributed by atoms with Crippen molar-refractivity contribution in [3.8, 4) is 0 Å². The highest BCUT2D eigenvalue weighted by atomic mass is 35.5. The Morgan fingerprint density at radius 2 is 2.12 bits per heavy atom. The predicted octanol–water partition coefficient (Wildman–Crippen LogP) is 4.65. The molecule has 1 aromatic carbocycles. The number of nitro benzene ring substituents is 1. The van der Waals surface area contributed by atoms with Gasteiger partial charge in [-0.15, -0.1) is 12.4 Å². The molecule has 11 heteroatoms. The monoisotopic (exact) mass is 482 g/mol. The number of nitrogens with zero attached hydrogens (tertiary/aromatic N) is 4. The number of halogens is 2. The molecule has 32 heavy (non-hydrogen) atoms. The number of rotatable bonds is 8. The summed E-state index contributed by atoms with van der Waals surface area (Å²) in [6.45, 7) is 5.17. The van der Waals surface area contributed by atoms with Gasteiger partial charge in [-0.2, -0.15) is 4.98 Å². The summed E-state index contributed by atoms with van der Waals surface area (Å²) in [6, 6.07) is 6.58. The minimum absolute atomic E-state index is 0. The number of benzene rings is 1. The first-order valence-corrected chi connectivity index (χ1v) is 10.8. The summed E-state index contributed by atoms with van der Waals surface area (Å²) in [5, 5.41) is 17.3. The van der Waals surface area contributed by atoms with Gasteiger partial charge in [0.2, 0.25) is 11.9 Å². The van der Waals surface area contributed by atoms with Crippen LogP contribution in [-0.4, -0.2) is 39.9 Å². The number of amides is 1. The van der Waals surface area contributed by atoms with Crippen molar-refractivity contribution in [3.05, 3.63) is 45.1 Å². The van der Waals surface area contributed by atoms with Gasteiger partial charge in [0.1, 0.15) is 10.8 Å². The number of unbranched alkanes of at least 4 members (excludes halogenated alkanes) is 1. The molecule has 1 amide bonds. The number of carbonyl (C=O) groups excluding carboxylic acids is 1. The molecular formula is C21H28Cl2N6O3. The van der Waals surface area contributed by atoms with Crippen LogP contribution < -0.4 is 15.5 Å². The Kier molecular flexibility index (Phi) is 9.46. The van der Waals surface area contributed by atoms with E-state index in [1.54, 1.807) is 6.07 Å². The first kappa shape index (κ1) is 25.6. The highest BCUT2D eigenvalue weighted by Crippen LogP contribution is 2.29. The molecule has 1 saturated heterocycles. The zero-order chi connectivity index (χ0) is 22.4. The van der Waals surface area contributed by atoms with E-state index in [2.05, 4.69) is 32.4 Å². The predicted molar refractivity (Wildman–Crippen MR) is 128 cm³/mol. The number of aromatic nitrogens is 2. The van der Waals surface area contributed by atoms with Crippen LogP contribution >= 0.6 is 24.0 Å². The van der Waals surface area contributed by atoms with Crippen LogP contribution in [0.1, 0.15) is 45.2 Å². The number of carbonyl (C=O) groups is 1. The van der Waals surface area contributed by atoms with Crippen molar-refractivity contribution in [1.29, 1.82) is 0 Å². The van der Waals surface area contributed by atoms with Gasteiger partial charge in [-0.1, -0.05) is 24.9 Å². The lowest BCUT2D eigenvalue weighted by atomic mass is 10.1. The van der Waals surface area contributed by atoms with Crippen molar-refractivity contribution in [2.75, 3.05) is 23.3 Å². The summed E-state index contributed by atoms with van der Waals surface area (Å²) in [4.78, 5) is 33.5. The molecule has 0 radical (unpaired) electrons. The lowest BCUT2D eigenvalue weighted by Gasteiger charge is -2.34. The third-order valence-corrected chi connectivity index (χ3v) is 5.42. The Hall–Kier alpha value is -2.65. The van der Waals surface area contributed by atoms with E-state index in [0.29, 0.717) is 18.2 Å². The maximum absolute atomic E-state index is 11.5. The van der Waals surface area contributed by atoms with Crippen molar-refractivity contribution >= 4 is 53.1 Å². The van der Waals surface area contributed by atoms with Gasteiger partial charge in [0.25, 0.3) is 5.69 Å². The maximum Gasteiger partial charge on any atom is 0.289 e. The number of hydrogen-bond acceptors (Lipinski definition) is 7. The molecule has 1 aliphatic rings. The van der Waals surface area contributed by atoms with Gasteiger partial charge in [-0.3, -0.25) is 14.9 Å². The second-order valence-electron chi connectivity index (χ2n) is 7.68. The lowest BCUT2D eigenvalue weighted by molar-refractivity contribution is -0.384. The van der Waals surface area contributed by atoms with Crippen molar-refractivity contribution in [1.82, 2.24) is 15.3 Å². The smallest absolute Gasteiger partial charge is 0.289 e. The average Bonchev–Trinajstić information content (AvgIpc) is 2.73. The zero-order valence-corrected chi connectivity index (χ0v) is 19.7. The largest absolute Gasteiger partial charge is 0.354 e. The van der Waals surface area contributed by atoms with Crippen molar-refractivity contribution in [2.45, 2.75) is 52.0 Å². The second kappa shape index (κ2) is 11.8. The van der Waals surface area contributed by atoms with E-state index < -0.39 is 4.92 Å². The molecule has 0 aliphatic carbocycles. The summed E-state index contributed by atoms with van der Waals surface area (Å²) < 4.78 is 0. The summed E-state index contributed by atoms with van der Waals surface area (Å²) in [6.07, 6.45) is 4.73. The molecule has 0 saturated carbocycles. The molecule has 0 unspecified atom stereocenters. The molecular weight excluding hydrogens is 455 g/mol. The molecule has 1 aliphatic heterocycles. The van der Waals surface area contributed by atoms with Gasteiger partial charge in [0.05, 0.1) is 4.92 Å². The van der Waals surface area contributed by atoms with E-state index in [1.807, 2.05) is 6.07 Å². The van der Waals surface area contributed by atoms with Crippen molar-refractivity contribution < 1.29 is 9.72 Å². The highest BCUT2D eigenvalue weighted by molar-refractivity contribution is 6.32. The Morgan fingerprint density at radius 1 is 1.34 bits per heavy atom. The Bertz CT molecular complexity index is 959. The van der Waals surface area contributed by atoms with Gasteiger partial charge in [-0.25, -0.2) is 4.98 Å². The van der Waals surface area contributed by atoms with Crippen LogP contribution in [0.25, 0.3) is 0 Å². The third kappa shape index (κ3) is 6.93. The van der Waals surface area contributed by atoms with E-state index in [1.165, 1.54) is 19.1 Å². The summed E-state index contributed by atoms with van der Waals surface area (Å²) >= 11 is 5.92. The van der Waals surface area contributed by atoms with E-state index in [0.717, 1.165) is 50.2 Å². The quantitative estimate of drug-likeness (QED) is 0.415. The van der Waals surface area contributed by atoms with Crippen molar-refractivity contribution in [2.24, 2.45) is 0 Å². The molecule has 2 aromatic rings. The maximum atomic E-state index is 11.5. The van der Waals surface area contributed by atoms with Gasteiger partial charge in [0.15, 0.2) is 0 Å². The fourth-order valence-electron chi connectivity index (χ4n) is 3.64. The summed E-state index contributed by atoms with van der Waals surface area (Å²) in [5.74, 6) is 1.12. The minimum Gasteiger partial charge on any atom is -0.354 e. The number of nitro groups is 1. The number of anilines is 3. The topological polar surface area (TPSA) is 113 Å². The van der Waals surface area contributed by atoms with Gasteiger partial charge >= 0.3 is 0 Å². The SMILES string of the molecule is CCCCc1cc(N2CCC[C@@H](NC(C)=O)C2)nc(Nc2ccc(Cl)c([N+](=O)[O-])c2)n1.Cl. The molecule has 0 spiro atoms. The standard InChI is InChI=1S/C21H27ClN6O3.ClH/c1-3-4-6-15-12-20(27-10-5-7-17(13-27)23-14(2)29)26-21(24-15)25-16-8-9-18(22)19(11-16)28(30)31;/h8-9,11-12,17H,3-7,10,13H2,1-2H3,(H,23,29)(H,24,25,26);1H/t17-;/m1./s1. The minimum atomic E-state index is -0.520. The van der Waals surface area contributed by atoms with Crippen molar-refractivity contribution in [3.63, 3.8) is 0 Å². The Labute approximate surface area is 198 Å². The fourth-order valence-corrected chi connectivity index (χ4v) is 3.82. The number of hydrogen-bond donors (Lipinski definition) is 2. The first-order valence-electron chi connectivity index (χ1n) is 10.5. The number of nitrogens with one attached hydrogen (secondary N) is 2. The molecule has 0 bridgehead atoms. The summed E-state index contributed by atoms with van der Waals surface area (Å²) in [5.41, 5.74) is 1.21. The summed E-state index contributed by atoms with van der Waals surface area (Å²) in [7, 11) is 0.